The van der Waals surface area contributed by atoms with Crippen LogP contribution in [0.3, 0.4) is 0 Å². The summed E-state index contributed by atoms with van der Waals surface area (Å²) < 4.78 is 0. The average Bonchev–Trinajstić information content (AvgIpc) is 2.53. The summed E-state index contributed by atoms with van der Waals surface area (Å²) in [7, 11) is 0. The summed E-state index contributed by atoms with van der Waals surface area (Å²) in [5.74, 6) is 0.849. The largest absolute Gasteiger partial charge is 0.395 e. The van der Waals surface area contributed by atoms with Crippen LogP contribution in [0.4, 0.5) is 0 Å². The van der Waals surface area contributed by atoms with Gasteiger partial charge in [-0.3, -0.25) is 0 Å². The van der Waals surface area contributed by atoms with Crippen LogP contribution in [0.1, 0.15) is 17.1 Å². The first-order valence-electron chi connectivity index (χ1n) is 6.20. The summed E-state index contributed by atoms with van der Waals surface area (Å²) in [6.45, 7) is 3.51. The van der Waals surface area contributed by atoms with E-state index in [4.69, 9.17) is 10.8 Å². The second-order valence-electron chi connectivity index (χ2n) is 4.36. The molecule has 0 unspecified atom stereocenters. The van der Waals surface area contributed by atoms with Crippen molar-refractivity contribution in [3.05, 3.63) is 23.3 Å². The molecule has 2 heterocycles. The maximum atomic E-state index is 8.96. The zero-order chi connectivity index (χ0) is 12.1. The molecule has 0 aliphatic carbocycles. The van der Waals surface area contributed by atoms with Crippen molar-refractivity contribution >= 4 is 0 Å². The van der Waals surface area contributed by atoms with E-state index in [1.807, 2.05) is 6.20 Å². The van der Waals surface area contributed by atoms with Crippen molar-refractivity contribution in [2.75, 3.05) is 32.8 Å². The maximum Gasteiger partial charge on any atom is 0.129 e. The van der Waals surface area contributed by atoms with Crippen LogP contribution >= 0.6 is 0 Å². The lowest BCUT2D eigenvalue weighted by Gasteiger charge is -2.17. The predicted octanol–water partition coefficient (Wildman–Crippen LogP) is -0.629. The first-order chi connectivity index (χ1) is 8.33. The molecule has 0 bridgehead atoms. The number of aliphatic hydroxyl groups excluding tert-OH is 1. The van der Waals surface area contributed by atoms with Gasteiger partial charge in [0.1, 0.15) is 5.82 Å². The van der Waals surface area contributed by atoms with Crippen molar-refractivity contribution in [3.8, 4) is 0 Å². The molecule has 0 spiro atoms. The molecule has 1 aromatic rings. The molecule has 0 atom stereocenters. The summed E-state index contributed by atoms with van der Waals surface area (Å²) in [4.78, 5) is 11.2. The van der Waals surface area contributed by atoms with Gasteiger partial charge in [0.15, 0.2) is 0 Å². The molecule has 0 amide bonds. The number of hydrogen-bond acceptors (Lipinski definition) is 5. The van der Waals surface area contributed by atoms with Crippen LogP contribution in [-0.2, 0) is 19.3 Å². The number of β-amino-alcohol motifs (C(OH)–C–C–N with tert-alkyl or cyclic N) is 1. The molecule has 17 heavy (non-hydrogen) atoms. The molecule has 0 radical (unpaired) electrons. The summed E-state index contributed by atoms with van der Waals surface area (Å²) in [6.07, 6.45) is 4.59. The third kappa shape index (κ3) is 3.21. The van der Waals surface area contributed by atoms with E-state index in [2.05, 4.69) is 14.9 Å². The molecule has 0 saturated carbocycles. The monoisotopic (exact) mass is 236 g/mol. The van der Waals surface area contributed by atoms with Crippen LogP contribution in [0.15, 0.2) is 6.20 Å². The molecule has 94 valence electrons. The van der Waals surface area contributed by atoms with Gasteiger partial charge in [-0.1, -0.05) is 0 Å². The van der Waals surface area contributed by atoms with Crippen LogP contribution in [0, 0.1) is 0 Å². The van der Waals surface area contributed by atoms with Crippen LogP contribution in [0.2, 0.25) is 0 Å². The van der Waals surface area contributed by atoms with E-state index < -0.39 is 0 Å². The minimum absolute atomic E-state index is 0.223. The van der Waals surface area contributed by atoms with Gasteiger partial charge in [-0.15, -0.1) is 0 Å². The molecule has 0 fully saturated rings. The molecular weight excluding hydrogens is 216 g/mol. The van der Waals surface area contributed by atoms with Crippen LogP contribution in [0.5, 0.6) is 0 Å². The Balaban J connectivity index is 2.08. The normalized spacial score (nSPS) is 16.6. The van der Waals surface area contributed by atoms with Crippen LogP contribution in [0.25, 0.3) is 0 Å². The van der Waals surface area contributed by atoms with Gasteiger partial charge in [-0.05, 0) is 18.5 Å². The summed E-state index contributed by atoms with van der Waals surface area (Å²) in [6, 6.07) is 0. The molecule has 0 aromatic carbocycles. The standard InChI is InChI=1S/C12H20N4O/c13-4-1-12-14-9-10-2-5-16(7-8-17)6-3-11(10)15-12/h9,17H,1-8,13H2. The van der Waals surface area contributed by atoms with Crippen LogP contribution < -0.4 is 5.73 Å². The number of aromatic nitrogens is 2. The van der Waals surface area contributed by atoms with E-state index in [1.54, 1.807) is 0 Å². The minimum Gasteiger partial charge on any atom is -0.395 e. The molecule has 1 aromatic heterocycles. The second kappa shape index (κ2) is 6.05. The SMILES string of the molecule is NCCc1ncc2c(n1)CCN(CCO)CC2. The summed E-state index contributed by atoms with van der Waals surface area (Å²) in [5.41, 5.74) is 7.91. The third-order valence-electron chi connectivity index (χ3n) is 3.15. The van der Waals surface area contributed by atoms with Gasteiger partial charge in [0.2, 0.25) is 0 Å². The Morgan fingerprint density at radius 3 is 2.94 bits per heavy atom. The van der Waals surface area contributed by atoms with Gasteiger partial charge < -0.3 is 15.7 Å². The van der Waals surface area contributed by atoms with Crippen molar-refractivity contribution in [1.82, 2.24) is 14.9 Å². The molecule has 2 rings (SSSR count). The number of nitrogens with two attached hydrogens (primary N) is 1. The average molecular weight is 236 g/mol. The van der Waals surface area contributed by atoms with E-state index >= 15 is 0 Å². The molecular formula is C12H20N4O. The van der Waals surface area contributed by atoms with Gasteiger partial charge in [0.25, 0.3) is 0 Å². The zero-order valence-electron chi connectivity index (χ0n) is 10.1. The highest BCUT2D eigenvalue weighted by Gasteiger charge is 2.15. The highest BCUT2D eigenvalue weighted by Crippen LogP contribution is 2.13. The molecule has 1 aliphatic heterocycles. The van der Waals surface area contributed by atoms with E-state index in [0.29, 0.717) is 6.54 Å². The molecule has 5 nitrogen and oxygen atoms in total. The number of aliphatic hydroxyl groups is 1. The van der Waals surface area contributed by atoms with Crippen LogP contribution in [-0.4, -0.2) is 52.8 Å². The Kier molecular flexibility index (Phi) is 4.42. The van der Waals surface area contributed by atoms with Gasteiger partial charge in [-0.25, -0.2) is 9.97 Å². The first kappa shape index (κ1) is 12.4. The molecule has 1 aliphatic rings. The van der Waals surface area contributed by atoms with Crippen molar-refractivity contribution < 1.29 is 5.11 Å². The lowest BCUT2D eigenvalue weighted by Crippen LogP contribution is -2.29. The fourth-order valence-electron chi connectivity index (χ4n) is 2.18. The molecule has 5 heteroatoms. The lowest BCUT2D eigenvalue weighted by molar-refractivity contribution is 0.201. The highest BCUT2D eigenvalue weighted by molar-refractivity contribution is 5.20. The number of nitrogens with zero attached hydrogens (tertiary/aromatic N) is 3. The van der Waals surface area contributed by atoms with Gasteiger partial charge in [-0.2, -0.15) is 0 Å². The van der Waals surface area contributed by atoms with Gasteiger partial charge in [0, 0.05) is 44.4 Å². The lowest BCUT2D eigenvalue weighted by atomic mass is 10.1. The second-order valence-corrected chi connectivity index (χ2v) is 4.36. The Morgan fingerprint density at radius 2 is 2.18 bits per heavy atom. The molecule has 0 saturated heterocycles. The maximum absolute atomic E-state index is 8.96. The van der Waals surface area contributed by atoms with Gasteiger partial charge >= 0.3 is 0 Å². The smallest absolute Gasteiger partial charge is 0.129 e. The van der Waals surface area contributed by atoms with Crippen molar-refractivity contribution in [1.29, 1.82) is 0 Å². The fourth-order valence-corrected chi connectivity index (χ4v) is 2.18. The fraction of sp³-hybridized carbons (Fsp3) is 0.667. The van der Waals surface area contributed by atoms with Crippen molar-refractivity contribution in [2.45, 2.75) is 19.3 Å². The zero-order valence-corrected chi connectivity index (χ0v) is 10.1. The summed E-state index contributed by atoms with van der Waals surface area (Å²) in [5, 5.41) is 8.96. The Hall–Kier alpha value is -1.04. The summed E-state index contributed by atoms with van der Waals surface area (Å²) >= 11 is 0. The quantitative estimate of drug-likeness (QED) is 0.728. The predicted molar refractivity (Wildman–Crippen MR) is 65.7 cm³/mol. The van der Waals surface area contributed by atoms with E-state index in [1.165, 1.54) is 5.56 Å². The topological polar surface area (TPSA) is 75.3 Å². The van der Waals surface area contributed by atoms with Crippen molar-refractivity contribution in [2.24, 2.45) is 5.73 Å². The third-order valence-corrected chi connectivity index (χ3v) is 3.15. The Morgan fingerprint density at radius 1 is 1.35 bits per heavy atom. The Bertz CT molecular complexity index is 370. The Labute approximate surface area is 102 Å². The van der Waals surface area contributed by atoms with Gasteiger partial charge in [0.05, 0.1) is 6.61 Å². The number of fused-ring (bicyclic) bond motifs is 1. The highest BCUT2D eigenvalue weighted by atomic mass is 16.3. The van der Waals surface area contributed by atoms with E-state index in [-0.39, 0.29) is 6.61 Å². The van der Waals surface area contributed by atoms with E-state index in [0.717, 1.165) is 50.4 Å². The number of rotatable bonds is 4. The van der Waals surface area contributed by atoms with Crippen molar-refractivity contribution in [3.63, 3.8) is 0 Å². The minimum atomic E-state index is 0.223. The number of hydrogen-bond donors (Lipinski definition) is 2. The first-order valence-corrected chi connectivity index (χ1v) is 6.20. The van der Waals surface area contributed by atoms with E-state index in [9.17, 15) is 0 Å². The molecule has 3 N–H and O–H groups in total.